The SMILES string of the molecule is CC(C)C1=Cc2c(-c3ccccc3-c3ccccc3)cccc2[CH]1[Zr]([CH]1C(C(C)C)=Cc2c(-c3ccccc3-c3ccccc3)cccc21)[SiH](C)C. The molecule has 257 valence electrons. The molecule has 2 heteroatoms. The summed E-state index contributed by atoms with van der Waals surface area (Å²) < 4.78 is 1.18. The average Bonchev–Trinajstić information content (AvgIpc) is 3.76. The number of rotatable bonds is 9. The standard InChI is InChI=1S/2C24H21.C2H7Si.Zr/c2*1-17(2)20-15-19-11-8-14-23(24(19)16-20)22-13-7-6-12-21(22)18-9-4-3-5-10-18;1-3-2;/h2*3-17H,1-2H3;3H,1-2H3;. The second kappa shape index (κ2) is 14.7. The van der Waals surface area contributed by atoms with Crippen LogP contribution < -0.4 is 0 Å². The summed E-state index contributed by atoms with van der Waals surface area (Å²) in [6, 6.07) is 54.5. The van der Waals surface area contributed by atoms with Crippen molar-refractivity contribution >= 4 is 18.1 Å². The molecule has 6 aromatic rings. The zero-order chi connectivity index (χ0) is 35.9. The molecular weight excluding hydrogens is 720 g/mol. The second-order valence-electron chi connectivity index (χ2n) is 15.6. The van der Waals surface area contributed by atoms with Gasteiger partial charge in [0, 0.05) is 0 Å². The van der Waals surface area contributed by atoms with Gasteiger partial charge in [0.1, 0.15) is 0 Å². The molecule has 2 aliphatic rings. The van der Waals surface area contributed by atoms with Crippen molar-refractivity contribution < 1.29 is 20.9 Å². The predicted octanol–water partition coefficient (Wildman–Crippen LogP) is 13.8. The molecule has 0 spiro atoms. The molecule has 2 unspecified atom stereocenters. The van der Waals surface area contributed by atoms with Gasteiger partial charge in [0.05, 0.1) is 0 Å². The normalized spacial score (nSPS) is 16.2. The summed E-state index contributed by atoms with van der Waals surface area (Å²) in [6.07, 6.45) is 5.31. The number of hydrogen-bond acceptors (Lipinski definition) is 0. The van der Waals surface area contributed by atoms with E-state index in [0.29, 0.717) is 19.1 Å². The zero-order valence-electron chi connectivity index (χ0n) is 31.4. The molecule has 0 amide bonds. The van der Waals surface area contributed by atoms with Gasteiger partial charge < -0.3 is 0 Å². The van der Waals surface area contributed by atoms with Crippen LogP contribution in [0.1, 0.15) is 57.2 Å². The Morgan fingerprint density at radius 3 is 1.12 bits per heavy atom. The van der Waals surface area contributed by atoms with E-state index in [1.165, 1.54) is 55.6 Å². The molecule has 8 rings (SSSR count). The van der Waals surface area contributed by atoms with E-state index in [0.717, 1.165) is 0 Å². The molecule has 52 heavy (non-hydrogen) atoms. The quantitative estimate of drug-likeness (QED) is 0.129. The van der Waals surface area contributed by atoms with E-state index in [4.69, 9.17) is 0 Å². The Bertz CT molecular complexity index is 2130. The molecule has 6 aromatic carbocycles. The minimum absolute atomic E-state index is 0.509. The first kappa shape index (κ1) is 35.0. The van der Waals surface area contributed by atoms with Crippen LogP contribution in [0.15, 0.2) is 157 Å². The fourth-order valence-corrected chi connectivity index (χ4v) is 32.4. The van der Waals surface area contributed by atoms with Crippen LogP contribution in [0, 0.1) is 11.8 Å². The Morgan fingerprint density at radius 2 is 0.750 bits per heavy atom. The molecule has 2 aliphatic carbocycles. The molecule has 2 atom stereocenters. The third kappa shape index (κ3) is 6.23. The van der Waals surface area contributed by atoms with Crippen molar-refractivity contribution in [2.75, 3.05) is 0 Å². The summed E-state index contributed by atoms with van der Waals surface area (Å²) in [5, 5.41) is 0. The Morgan fingerprint density at radius 1 is 0.404 bits per heavy atom. The number of allylic oxidation sites excluding steroid dienone is 2. The van der Waals surface area contributed by atoms with Gasteiger partial charge in [0.25, 0.3) is 0 Å². The van der Waals surface area contributed by atoms with Gasteiger partial charge >= 0.3 is 322 Å². The first-order valence-corrected chi connectivity index (χ1v) is 29.2. The molecule has 0 saturated heterocycles. The molecule has 0 N–H and O–H groups in total. The third-order valence-electron chi connectivity index (χ3n) is 11.5. The van der Waals surface area contributed by atoms with Crippen molar-refractivity contribution in [2.24, 2.45) is 11.8 Å². The van der Waals surface area contributed by atoms with Crippen molar-refractivity contribution in [1.29, 1.82) is 0 Å². The van der Waals surface area contributed by atoms with Crippen molar-refractivity contribution in [3.63, 3.8) is 0 Å². The van der Waals surface area contributed by atoms with Gasteiger partial charge in [-0.25, -0.2) is 0 Å². The van der Waals surface area contributed by atoms with Gasteiger partial charge in [0.2, 0.25) is 0 Å². The Labute approximate surface area is 320 Å². The molecule has 0 aromatic heterocycles. The minimum atomic E-state index is -2.33. The van der Waals surface area contributed by atoms with Crippen molar-refractivity contribution in [2.45, 2.75) is 48.0 Å². The second-order valence-corrected chi connectivity index (χ2v) is 35.6. The number of benzene rings is 6. The van der Waals surface area contributed by atoms with Crippen LogP contribution in [0.5, 0.6) is 0 Å². The van der Waals surface area contributed by atoms with Gasteiger partial charge in [-0.2, -0.15) is 0 Å². The molecule has 0 heterocycles. The monoisotopic (exact) mass is 767 g/mol. The van der Waals surface area contributed by atoms with Gasteiger partial charge in [0.15, 0.2) is 0 Å². The summed E-state index contributed by atoms with van der Waals surface area (Å²) in [6.45, 7) is 15.2. The Kier molecular flexibility index (Phi) is 9.90. The molecule has 0 fully saturated rings. The van der Waals surface area contributed by atoms with Crippen LogP contribution in [0.4, 0.5) is 0 Å². The predicted molar refractivity (Wildman–Crippen MR) is 225 cm³/mol. The van der Waals surface area contributed by atoms with Crippen LogP contribution in [0.2, 0.25) is 13.1 Å². The zero-order valence-corrected chi connectivity index (χ0v) is 35.0. The van der Waals surface area contributed by atoms with Gasteiger partial charge in [-0.3, -0.25) is 0 Å². The van der Waals surface area contributed by atoms with Crippen molar-refractivity contribution in [1.82, 2.24) is 0 Å². The van der Waals surface area contributed by atoms with E-state index in [1.807, 2.05) is 0 Å². The van der Waals surface area contributed by atoms with Gasteiger partial charge in [-0.1, -0.05) is 0 Å². The van der Waals surface area contributed by atoms with Crippen LogP contribution >= 0.6 is 0 Å². The van der Waals surface area contributed by atoms with E-state index in [1.54, 1.807) is 22.3 Å². The molecule has 0 saturated carbocycles. The first-order chi connectivity index (χ1) is 25.3. The summed E-state index contributed by atoms with van der Waals surface area (Å²) in [5.74, 6) is -0.0332. The maximum atomic E-state index is 2.70. The van der Waals surface area contributed by atoms with Crippen LogP contribution in [0.3, 0.4) is 0 Å². The Hall–Kier alpha value is -4.10. The van der Waals surface area contributed by atoms with Crippen LogP contribution in [-0.2, 0) is 20.9 Å². The van der Waals surface area contributed by atoms with E-state index in [2.05, 4.69) is 199 Å². The fourth-order valence-electron chi connectivity index (χ4n) is 9.07. The maximum absolute atomic E-state index is 2.70. The summed E-state index contributed by atoms with van der Waals surface area (Å²) in [7, 11) is 0. The van der Waals surface area contributed by atoms with E-state index >= 15 is 0 Å². The molecule has 0 nitrogen and oxygen atoms in total. The summed E-state index contributed by atoms with van der Waals surface area (Å²) >= 11 is -2.33. The summed E-state index contributed by atoms with van der Waals surface area (Å²) in [5.41, 5.74) is 20.2. The van der Waals surface area contributed by atoms with E-state index in [-0.39, 0.29) is 0 Å². The van der Waals surface area contributed by atoms with Gasteiger partial charge in [-0.05, 0) is 0 Å². The number of fused-ring (bicyclic) bond motifs is 2. The van der Waals surface area contributed by atoms with Crippen LogP contribution in [-0.4, -0.2) is 5.92 Å². The fraction of sp³-hybridized carbons (Fsp3) is 0.200. The first-order valence-electron chi connectivity index (χ1n) is 19.2. The average molecular weight is 769 g/mol. The van der Waals surface area contributed by atoms with Crippen molar-refractivity contribution in [3.8, 4) is 44.5 Å². The van der Waals surface area contributed by atoms with Crippen LogP contribution in [0.25, 0.3) is 56.7 Å². The van der Waals surface area contributed by atoms with Gasteiger partial charge in [-0.15, -0.1) is 0 Å². The Balaban J connectivity index is 1.29. The topological polar surface area (TPSA) is 0 Å². The third-order valence-corrected chi connectivity index (χ3v) is 33.0. The van der Waals surface area contributed by atoms with Crippen molar-refractivity contribution in [3.05, 3.63) is 179 Å². The molecule has 0 radical (unpaired) electrons. The van der Waals surface area contributed by atoms with E-state index in [9.17, 15) is 0 Å². The molecular formula is C50H49SiZr. The molecule has 0 bridgehead atoms. The summed E-state index contributed by atoms with van der Waals surface area (Å²) in [4.78, 5) is 0. The van der Waals surface area contributed by atoms with E-state index < -0.39 is 26.8 Å². The molecule has 0 aliphatic heterocycles. The number of hydrogen-bond donors (Lipinski definition) is 0.